The standard InChI is InChI=1S/C23H29NO6/c1-6-24(18-10-8-7-9-11-18)23(26)16(2)30-21(25)13-12-17-14-19(27-3)22(29-5)20(15-17)28-4/h7-11,14-16H,6,12-13H2,1-5H3/t16-/m1/s1. The van der Waals surface area contributed by atoms with Crippen LogP contribution in [0.2, 0.25) is 0 Å². The molecule has 0 saturated heterocycles. The van der Waals surface area contributed by atoms with Crippen LogP contribution in [-0.4, -0.2) is 45.9 Å². The minimum atomic E-state index is -0.877. The van der Waals surface area contributed by atoms with Crippen molar-refractivity contribution < 1.29 is 28.5 Å². The van der Waals surface area contributed by atoms with E-state index in [0.717, 1.165) is 11.3 Å². The molecule has 0 aromatic heterocycles. The smallest absolute Gasteiger partial charge is 0.306 e. The molecule has 0 radical (unpaired) electrons. The van der Waals surface area contributed by atoms with E-state index in [2.05, 4.69) is 0 Å². The molecule has 2 rings (SSSR count). The lowest BCUT2D eigenvalue weighted by atomic mass is 10.1. The molecule has 0 fully saturated rings. The van der Waals surface area contributed by atoms with Gasteiger partial charge in [-0.15, -0.1) is 0 Å². The van der Waals surface area contributed by atoms with Crippen LogP contribution < -0.4 is 19.1 Å². The van der Waals surface area contributed by atoms with E-state index in [4.69, 9.17) is 18.9 Å². The summed E-state index contributed by atoms with van der Waals surface area (Å²) < 4.78 is 21.3. The molecule has 0 saturated carbocycles. The molecule has 2 aromatic carbocycles. The number of hydrogen-bond acceptors (Lipinski definition) is 6. The highest BCUT2D eigenvalue weighted by molar-refractivity contribution is 5.97. The molecule has 7 nitrogen and oxygen atoms in total. The molecule has 0 aliphatic rings. The number of benzene rings is 2. The van der Waals surface area contributed by atoms with Gasteiger partial charge in [0.05, 0.1) is 21.3 Å². The number of rotatable bonds is 10. The first-order valence-corrected chi connectivity index (χ1v) is 9.79. The van der Waals surface area contributed by atoms with Crippen LogP contribution in [0.1, 0.15) is 25.8 Å². The van der Waals surface area contributed by atoms with Gasteiger partial charge in [-0.25, -0.2) is 0 Å². The summed E-state index contributed by atoms with van der Waals surface area (Å²) in [6, 6.07) is 12.9. The molecule has 30 heavy (non-hydrogen) atoms. The van der Waals surface area contributed by atoms with Gasteiger partial charge in [-0.3, -0.25) is 9.59 Å². The first kappa shape index (κ1) is 23.1. The van der Waals surface area contributed by atoms with Crippen LogP contribution in [-0.2, 0) is 20.7 Å². The largest absolute Gasteiger partial charge is 0.493 e. The zero-order chi connectivity index (χ0) is 22.1. The minimum absolute atomic E-state index is 0.119. The van der Waals surface area contributed by atoms with Crippen LogP contribution in [0, 0.1) is 0 Å². The molecule has 0 spiro atoms. The Labute approximate surface area is 177 Å². The first-order valence-electron chi connectivity index (χ1n) is 9.79. The van der Waals surface area contributed by atoms with Gasteiger partial charge >= 0.3 is 5.97 Å². The molecule has 1 atom stereocenters. The molecule has 0 aliphatic heterocycles. The number of nitrogens with zero attached hydrogens (tertiary/aromatic N) is 1. The molecule has 1 amide bonds. The van der Waals surface area contributed by atoms with E-state index < -0.39 is 12.1 Å². The zero-order valence-corrected chi connectivity index (χ0v) is 18.1. The van der Waals surface area contributed by atoms with Crippen LogP contribution in [0.5, 0.6) is 17.2 Å². The Bertz CT molecular complexity index is 827. The number of esters is 1. The zero-order valence-electron chi connectivity index (χ0n) is 18.1. The van der Waals surface area contributed by atoms with Gasteiger partial charge in [0, 0.05) is 18.7 Å². The van der Waals surface area contributed by atoms with E-state index in [0.29, 0.717) is 30.2 Å². The number of carbonyl (C=O) groups is 2. The lowest BCUT2D eigenvalue weighted by Gasteiger charge is -2.24. The fourth-order valence-electron chi connectivity index (χ4n) is 3.13. The van der Waals surface area contributed by atoms with Crippen LogP contribution >= 0.6 is 0 Å². The Morgan fingerprint density at radius 3 is 2.07 bits per heavy atom. The monoisotopic (exact) mass is 415 g/mol. The first-order chi connectivity index (χ1) is 14.4. The van der Waals surface area contributed by atoms with Crippen molar-refractivity contribution >= 4 is 17.6 Å². The summed E-state index contributed by atoms with van der Waals surface area (Å²) in [4.78, 5) is 26.6. The summed E-state index contributed by atoms with van der Waals surface area (Å²) in [5.74, 6) is 0.820. The third-order valence-electron chi connectivity index (χ3n) is 4.65. The second kappa shape index (κ2) is 11.1. The fraction of sp³-hybridized carbons (Fsp3) is 0.391. The maximum Gasteiger partial charge on any atom is 0.306 e. The number of hydrogen-bond donors (Lipinski definition) is 0. The number of ether oxygens (including phenoxy) is 4. The molecule has 0 heterocycles. The number of anilines is 1. The number of likely N-dealkylation sites (N-methyl/N-ethyl adjacent to an activating group) is 1. The lowest BCUT2D eigenvalue weighted by molar-refractivity contribution is -0.153. The Hall–Kier alpha value is -3.22. The van der Waals surface area contributed by atoms with Gasteiger partial charge in [-0.2, -0.15) is 0 Å². The summed E-state index contributed by atoms with van der Waals surface area (Å²) in [6.07, 6.45) is -0.349. The van der Waals surface area contributed by atoms with Crippen LogP contribution in [0.4, 0.5) is 5.69 Å². The third-order valence-corrected chi connectivity index (χ3v) is 4.65. The quantitative estimate of drug-likeness (QED) is 0.552. The summed E-state index contributed by atoms with van der Waals surface area (Å²) in [6.45, 7) is 3.95. The van der Waals surface area contributed by atoms with E-state index in [1.54, 1.807) is 24.0 Å². The van der Waals surface area contributed by atoms with E-state index in [1.165, 1.54) is 21.3 Å². The summed E-state index contributed by atoms with van der Waals surface area (Å²) in [7, 11) is 4.61. The molecule has 0 aliphatic carbocycles. The van der Waals surface area contributed by atoms with Crippen LogP contribution in [0.15, 0.2) is 42.5 Å². The van der Waals surface area contributed by atoms with Gasteiger partial charge in [0.1, 0.15) is 0 Å². The van der Waals surface area contributed by atoms with Crippen molar-refractivity contribution in [1.82, 2.24) is 0 Å². The average Bonchev–Trinajstić information content (AvgIpc) is 2.77. The highest BCUT2D eigenvalue weighted by atomic mass is 16.5. The molecular weight excluding hydrogens is 386 g/mol. The molecule has 0 unspecified atom stereocenters. The van der Waals surface area contributed by atoms with Gasteiger partial charge in [-0.1, -0.05) is 18.2 Å². The van der Waals surface area contributed by atoms with E-state index >= 15 is 0 Å². The van der Waals surface area contributed by atoms with Crippen molar-refractivity contribution in [3.05, 3.63) is 48.0 Å². The van der Waals surface area contributed by atoms with Crippen molar-refractivity contribution in [2.75, 3.05) is 32.8 Å². The number of amides is 1. The number of para-hydroxylation sites is 1. The number of methoxy groups -OCH3 is 3. The summed E-state index contributed by atoms with van der Waals surface area (Å²) in [5.41, 5.74) is 1.60. The minimum Gasteiger partial charge on any atom is -0.493 e. The van der Waals surface area contributed by atoms with Gasteiger partial charge in [0.2, 0.25) is 5.75 Å². The molecular formula is C23H29NO6. The topological polar surface area (TPSA) is 74.3 Å². The maximum atomic E-state index is 12.7. The second-order valence-electron chi connectivity index (χ2n) is 6.58. The highest BCUT2D eigenvalue weighted by Gasteiger charge is 2.24. The maximum absolute atomic E-state index is 12.7. The van der Waals surface area contributed by atoms with Gasteiger partial charge in [-0.05, 0) is 50.1 Å². The van der Waals surface area contributed by atoms with Gasteiger partial charge in [0.25, 0.3) is 5.91 Å². The van der Waals surface area contributed by atoms with Gasteiger partial charge < -0.3 is 23.8 Å². The van der Waals surface area contributed by atoms with Crippen molar-refractivity contribution in [1.29, 1.82) is 0 Å². The Morgan fingerprint density at radius 1 is 0.967 bits per heavy atom. The molecule has 7 heteroatoms. The predicted octanol–water partition coefficient (Wildman–Crippen LogP) is 3.63. The number of aryl methyl sites for hydroxylation is 1. The highest BCUT2D eigenvalue weighted by Crippen LogP contribution is 2.38. The fourth-order valence-corrected chi connectivity index (χ4v) is 3.13. The van der Waals surface area contributed by atoms with Crippen molar-refractivity contribution in [3.63, 3.8) is 0 Å². The second-order valence-corrected chi connectivity index (χ2v) is 6.58. The summed E-state index contributed by atoms with van der Waals surface area (Å²) >= 11 is 0. The Kier molecular flexibility index (Phi) is 8.53. The van der Waals surface area contributed by atoms with Crippen LogP contribution in [0.3, 0.4) is 0 Å². The van der Waals surface area contributed by atoms with Crippen molar-refractivity contribution in [3.8, 4) is 17.2 Å². The molecule has 0 bridgehead atoms. The average molecular weight is 415 g/mol. The van der Waals surface area contributed by atoms with Crippen LogP contribution in [0.25, 0.3) is 0 Å². The molecule has 2 aromatic rings. The summed E-state index contributed by atoms with van der Waals surface area (Å²) in [5, 5.41) is 0. The Balaban J connectivity index is 1.99. The van der Waals surface area contributed by atoms with Crippen molar-refractivity contribution in [2.24, 2.45) is 0 Å². The SMILES string of the molecule is CCN(C(=O)[C@@H](C)OC(=O)CCc1cc(OC)c(OC)c(OC)c1)c1ccccc1. The molecule has 0 N–H and O–H groups in total. The van der Waals surface area contributed by atoms with Gasteiger partial charge in [0.15, 0.2) is 17.6 Å². The lowest BCUT2D eigenvalue weighted by Crippen LogP contribution is -2.40. The predicted molar refractivity (Wildman–Crippen MR) is 114 cm³/mol. The normalized spacial score (nSPS) is 11.4. The van der Waals surface area contributed by atoms with E-state index in [9.17, 15) is 9.59 Å². The Morgan fingerprint density at radius 2 is 1.57 bits per heavy atom. The third kappa shape index (κ3) is 5.65. The number of carbonyl (C=O) groups excluding carboxylic acids is 2. The van der Waals surface area contributed by atoms with E-state index in [1.807, 2.05) is 37.3 Å². The molecule has 162 valence electrons. The van der Waals surface area contributed by atoms with Crippen molar-refractivity contribution in [2.45, 2.75) is 32.8 Å². The van der Waals surface area contributed by atoms with E-state index in [-0.39, 0.29) is 12.3 Å².